The van der Waals surface area contributed by atoms with Gasteiger partial charge in [-0.15, -0.1) is 0 Å². The molecule has 0 radical (unpaired) electrons. The van der Waals surface area contributed by atoms with E-state index in [-0.39, 0.29) is 22.9 Å². The number of carbonyl (C=O) groups is 1. The summed E-state index contributed by atoms with van der Waals surface area (Å²) in [5.41, 5.74) is -0.113. The van der Waals surface area contributed by atoms with Crippen LogP contribution in [-0.2, 0) is 0 Å². The van der Waals surface area contributed by atoms with Gasteiger partial charge in [-0.25, -0.2) is 9.02 Å². The van der Waals surface area contributed by atoms with E-state index in [1.165, 1.54) is 12.3 Å². The number of carbonyl (C=O) groups excluding carboxylic acids is 1. The molecule has 0 aliphatic heterocycles. The normalized spacial score (nSPS) is 10.6. The van der Waals surface area contributed by atoms with Crippen LogP contribution in [0.2, 0.25) is 0 Å². The molecule has 0 bridgehead atoms. The molecular weight excluding hydrogens is 283 g/mol. The number of hydrogen-bond acceptors (Lipinski definition) is 8. The zero-order valence-electron chi connectivity index (χ0n) is 10.6. The molecule has 10 heteroatoms. The van der Waals surface area contributed by atoms with Crippen LogP contribution in [0.1, 0.15) is 16.2 Å². The van der Waals surface area contributed by atoms with Crippen LogP contribution in [0.3, 0.4) is 0 Å². The van der Waals surface area contributed by atoms with Crippen molar-refractivity contribution in [2.75, 3.05) is 5.32 Å². The summed E-state index contributed by atoms with van der Waals surface area (Å²) in [6.45, 7) is 1.59. The highest BCUT2D eigenvalue weighted by Gasteiger charge is 2.21. The smallest absolute Gasteiger partial charge is 0.260 e. The Morgan fingerprint density at radius 2 is 2.19 bits per heavy atom. The number of halogens is 1. The second kappa shape index (κ2) is 5.07. The van der Waals surface area contributed by atoms with E-state index in [4.69, 9.17) is 4.52 Å². The van der Waals surface area contributed by atoms with Gasteiger partial charge in [0, 0.05) is 13.1 Å². The fourth-order valence-electron chi connectivity index (χ4n) is 1.55. The Kier molecular flexibility index (Phi) is 3.10. The van der Waals surface area contributed by atoms with Gasteiger partial charge < -0.3 is 9.84 Å². The molecule has 0 saturated heterocycles. The number of pyridine rings is 1. The average molecular weight is 290 g/mol. The van der Waals surface area contributed by atoms with E-state index in [1.807, 2.05) is 0 Å². The van der Waals surface area contributed by atoms with Crippen LogP contribution in [0.5, 0.6) is 0 Å². The fraction of sp³-hybridized carbons (Fsp3) is 0.0909. The highest BCUT2D eigenvalue weighted by Crippen LogP contribution is 2.22. The molecule has 3 heterocycles. The minimum absolute atomic E-state index is 0.0444. The van der Waals surface area contributed by atoms with Gasteiger partial charge in [-0.2, -0.15) is 4.98 Å². The number of nitrogens with zero attached hydrogens (tertiary/aromatic N) is 5. The van der Waals surface area contributed by atoms with Gasteiger partial charge >= 0.3 is 0 Å². The van der Waals surface area contributed by atoms with E-state index in [2.05, 4.69) is 35.4 Å². The molecular formula is C11H7FN6O3. The van der Waals surface area contributed by atoms with Crippen LogP contribution in [0.4, 0.5) is 10.2 Å². The van der Waals surface area contributed by atoms with E-state index in [1.54, 1.807) is 6.92 Å². The van der Waals surface area contributed by atoms with Crippen LogP contribution >= 0.6 is 0 Å². The average Bonchev–Trinajstić information content (AvgIpc) is 3.08. The molecule has 0 aliphatic rings. The lowest BCUT2D eigenvalue weighted by Gasteiger charge is -2.02. The van der Waals surface area contributed by atoms with Gasteiger partial charge in [-0.1, -0.05) is 5.16 Å². The molecule has 0 fully saturated rings. The predicted octanol–water partition coefficient (Wildman–Crippen LogP) is 1.21. The third-order valence-electron chi connectivity index (χ3n) is 2.48. The number of hydrogen-bond donors (Lipinski definition) is 1. The summed E-state index contributed by atoms with van der Waals surface area (Å²) >= 11 is 0. The first-order valence-electron chi connectivity index (χ1n) is 5.69. The summed E-state index contributed by atoms with van der Waals surface area (Å²) in [4.78, 5) is 19.5. The lowest BCUT2D eigenvalue weighted by atomic mass is 10.2. The number of amides is 1. The highest BCUT2D eigenvalue weighted by molar-refractivity contribution is 6.05. The lowest BCUT2D eigenvalue weighted by molar-refractivity contribution is 0.102. The second-order valence-corrected chi connectivity index (χ2v) is 3.91. The van der Waals surface area contributed by atoms with Crippen molar-refractivity contribution in [3.63, 3.8) is 0 Å². The summed E-state index contributed by atoms with van der Waals surface area (Å²) in [6, 6.07) is 1.23. The zero-order chi connectivity index (χ0) is 14.8. The highest BCUT2D eigenvalue weighted by atomic mass is 19.1. The van der Waals surface area contributed by atoms with Crippen molar-refractivity contribution in [2.24, 2.45) is 0 Å². The van der Waals surface area contributed by atoms with Gasteiger partial charge in [-0.3, -0.25) is 9.78 Å². The maximum absolute atomic E-state index is 13.5. The zero-order valence-corrected chi connectivity index (χ0v) is 10.6. The molecule has 0 atom stereocenters. The molecule has 0 aromatic carbocycles. The van der Waals surface area contributed by atoms with Gasteiger partial charge in [-0.05, 0) is 16.4 Å². The summed E-state index contributed by atoms with van der Waals surface area (Å²) < 4.78 is 22.8. The molecule has 21 heavy (non-hydrogen) atoms. The van der Waals surface area contributed by atoms with Gasteiger partial charge in [0.2, 0.25) is 17.5 Å². The summed E-state index contributed by atoms with van der Waals surface area (Å²) in [6.07, 6.45) is 2.22. The van der Waals surface area contributed by atoms with Gasteiger partial charge in [0.25, 0.3) is 5.91 Å². The molecule has 0 unspecified atom stereocenters. The first kappa shape index (κ1) is 12.8. The Bertz CT molecular complexity index is 799. The lowest BCUT2D eigenvalue weighted by Crippen LogP contribution is -2.14. The van der Waals surface area contributed by atoms with Crippen molar-refractivity contribution >= 4 is 11.7 Å². The Morgan fingerprint density at radius 1 is 1.33 bits per heavy atom. The SMILES string of the molecule is Cc1nc(-c2nonc2NC(=O)c2ccncc2F)no1. The molecule has 3 aromatic heterocycles. The minimum Gasteiger partial charge on any atom is -0.339 e. The van der Waals surface area contributed by atoms with Crippen molar-refractivity contribution in [2.45, 2.75) is 6.92 Å². The summed E-state index contributed by atoms with van der Waals surface area (Å²) in [5, 5.41) is 13.1. The van der Waals surface area contributed by atoms with Crippen LogP contribution < -0.4 is 5.32 Å². The number of anilines is 1. The van der Waals surface area contributed by atoms with Crippen LogP contribution in [0.25, 0.3) is 11.5 Å². The second-order valence-electron chi connectivity index (χ2n) is 3.91. The number of aryl methyl sites for hydroxylation is 1. The quantitative estimate of drug-likeness (QED) is 0.764. The molecule has 1 amide bonds. The van der Waals surface area contributed by atoms with Gasteiger partial charge in [0.15, 0.2) is 11.5 Å². The Morgan fingerprint density at radius 3 is 2.90 bits per heavy atom. The Hall–Kier alpha value is -3.17. The summed E-state index contributed by atoms with van der Waals surface area (Å²) in [7, 11) is 0. The first-order chi connectivity index (χ1) is 10.1. The molecule has 0 aliphatic carbocycles. The van der Waals surface area contributed by atoms with Crippen LogP contribution in [0.15, 0.2) is 27.6 Å². The summed E-state index contributed by atoms with van der Waals surface area (Å²) in [5.74, 6) is -1.13. The molecule has 1 N–H and O–H groups in total. The van der Waals surface area contributed by atoms with E-state index < -0.39 is 11.7 Å². The van der Waals surface area contributed by atoms with Gasteiger partial charge in [0.1, 0.15) is 0 Å². The standard InChI is InChI=1S/C11H7FN6O3/c1-5-14-9(17-20-5)8-10(18-21-16-8)15-11(19)6-2-3-13-4-7(6)12/h2-4H,1H3,(H,15,18,19). The molecule has 0 spiro atoms. The molecule has 3 rings (SSSR count). The molecule has 9 nitrogen and oxygen atoms in total. The van der Waals surface area contributed by atoms with Crippen molar-refractivity contribution < 1.29 is 18.3 Å². The van der Waals surface area contributed by atoms with Crippen molar-refractivity contribution in [1.82, 2.24) is 25.4 Å². The third-order valence-corrected chi connectivity index (χ3v) is 2.48. The van der Waals surface area contributed by atoms with Crippen LogP contribution in [0, 0.1) is 12.7 Å². The van der Waals surface area contributed by atoms with E-state index in [0.717, 1.165) is 6.20 Å². The van der Waals surface area contributed by atoms with E-state index in [0.29, 0.717) is 5.89 Å². The Balaban J connectivity index is 1.88. The van der Waals surface area contributed by atoms with Crippen molar-refractivity contribution in [3.05, 3.63) is 35.7 Å². The van der Waals surface area contributed by atoms with Crippen molar-refractivity contribution in [1.29, 1.82) is 0 Å². The molecule has 3 aromatic rings. The first-order valence-corrected chi connectivity index (χ1v) is 5.69. The fourth-order valence-corrected chi connectivity index (χ4v) is 1.55. The number of nitrogens with one attached hydrogen (secondary N) is 1. The van der Waals surface area contributed by atoms with Crippen LogP contribution in [-0.4, -0.2) is 31.3 Å². The maximum Gasteiger partial charge on any atom is 0.260 e. The van der Waals surface area contributed by atoms with E-state index >= 15 is 0 Å². The Labute approximate surface area is 116 Å². The number of aromatic nitrogens is 5. The number of rotatable bonds is 3. The minimum atomic E-state index is -0.761. The largest absolute Gasteiger partial charge is 0.339 e. The molecule has 106 valence electrons. The van der Waals surface area contributed by atoms with E-state index in [9.17, 15) is 9.18 Å². The topological polar surface area (TPSA) is 120 Å². The molecule has 0 saturated carbocycles. The predicted molar refractivity (Wildman–Crippen MR) is 64.5 cm³/mol. The maximum atomic E-state index is 13.5. The third kappa shape index (κ3) is 2.45. The monoisotopic (exact) mass is 290 g/mol. The van der Waals surface area contributed by atoms with Gasteiger partial charge in [0.05, 0.1) is 11.8 Å². The van der Waals surface area contributed by atoms with Crippen molar-refractivity contribution in [3.8, 4) is 11.5 Å².